The summed E-state index contributed by atoms with van der Waals surface area (Å²) in [5.41, 5.74) is 7.58. The number of nitrogens with zero attached hydrogens (tertiary/aromatic N) is 3. The fourth-order valence-electron chi connectivity index (χ4n) is 2.52. The summed E-state index contributed by atoms with van der Waals surface area (Å²) in [7, 11) is 0. The number of fused-ring (bicyclic) bond motifs is 1. The van der Waals surface area contributed by atoms with Gasteiger partial charge < -0.3 is 14.8 Å². The second-order valence-electron chi connectivity index (χ2n) is 5.82. The molecule has 2 aromatic heterocycles. The number of nitrogens with two attached hydrogens (primary N) is 1. The van der Waals surface area contributed by atoms with Crippen molar-refractivity contribution < 1.29 is 4.52 Å². The number of hydrogen-bond donors (Lipinski definition) is 1. The van der Waals surface area contributed by atoms with E-state index in [1.54, 1.807) is 10.6 Å². The molecule has 0 radical (unpaired) electrons. The van der Waals surface area contributed by atoms with Gasteiger partial charge in [-0.25, -0.2) is 0 Å². The lowest BCUT2D eigenvalue weighted by Gasteiger charge is -2.11. The van der Waals surface area contributed by atoms with Crippen molar-refractivity contribution in [3.63, 3.8) is 0 Å². The second-order valence-corrected chi connectivity index (χ2v) is 5.82. The van der Waals surface area contributed by atoms with E-state index in [1.165, 1.54) is 5.56 Å². The van der Waals surface area contributed by atoms with Gasteiger partial charge >= 0.3 is 0 Å². The molecule has 6 nitrogen and oxygen atoms in total. The number of aryl methyl sites for hydroxylation is 1. The number of rotatable bonds is 3. The summed E-state index contributed by atoms with van der Waals surface area (Å²) in [6.07, 6.45) is 3.04. The molecule has 0 aromatic carbocycles. The standard InChI is InChI=1S/C14H18N4O2/c1-14(2,15)13-16-11(20-17-13)8-18-10-5-3-4-9(10)6-7-12(18)19/h6-7H,3-5,8,15H2,1-2H3. The van der Waals surface area contributed by atoms with Crippen LogP contribution in [-0.2, 0) is 24.9 Å². The first-order valence-corrected chi connectivity index (χ1v) is 6.79. The summed E-state index contributed by atoms with van der Waals surface area (Å²) in [6.45, 7) is 3.94. The third-order valence-electron chi connectivity index (χ3n) is 3.59. The molecule has 6 heteroatoms. The highest BCUT2D eigenvalue weighted by atomic mass is 16.5. The third-order valence-corrected chi connectivity index (χ3v) is 3.59. The van der Waals surface area contributed by atoms with Gasteiger partial charge in [0.05, 0.1) is 5.54 Å². The molecule has 2 N–H and O–H groups in total. The Balaban J connectivity index is 1.95. The Kier molecular flexibility index (Phi) is 2.97. The van der Waals surface area contributed by atoms with E-state index >= 15 is 0 Å². The smallest absolute Gasteiger partial charge is 0.251 e. The predicted molar refractivity (Wildman–Crippen MR) is 73.3 cm³/mol. The van der Waals surface area contributed by atoms with E-state index in [0.29, 0.717) is 18.3 Å². The van der Waals surface area contributed by atoms with Crippen molar-refractivity contribution in [3.05, 3.63) is 45.5 Å². The van der Waals surface area contributed by atoms with E-state index in [4.69, 9.17) is 10.3 Å². The summed E-state index contributed by atoms with van der Waals surface area (Å²) >= 11 is 0. The Morgan fingerprint density at radius 3 is 2.90 bits per heavy atom. The molecule has 0 aliphatic heterocycles. The van der Waals surface area contributed by atoms with Crippen LogP contribution in [0.15, 0.2) is 21.5 Å². The molecule has 0 amide bonds. The van der Waals surface area contributed by atoms with Crippen LogP contribution in [0.4, 0.5) is 0 Å². The molecule has 0 spiro atoms. The largest absolute Gasteiger partial charge is 0.337 e. The summed E-state index contributed by atoms with van der Waals surface area (Å²) in [6, 6.07) is 3.53. The van der Waals surface area contributed by atoms with Gasteiger partial charge in [0, 0.05) is 11.8 Å². The van der Waals surface area contributed by atoms with Crippen molar-refractivity contribution in [1.82, 2.24) is 14.7 Å². The molecule has 1 aliphatic rings. The zero-order valence-corrected chi connectivity index (χ0v) is 11.7. The molecule has 0 fully saturated rings. The van der Waals surface area contributed by atoms with E-state index in [9.17, 15) is 4.79 Å². The highest BCUT2D eigenvalue weighted by Gasteiger charge is 2.23. The molecule has 0 unspecified atom stereocenters. The maximum Gasteiger partial charge on any atom is 0.251 e. The van der Waals surface area contributed by atoms with E-state index in [0.717, 1.165) is 25.0 Å². The lowest BCUT2D eigenvalue weighted by atomic mass is 10.1. The van der Waals surface area contributed by atoms with Gasteiger partial charge in [-0.15, -0.1) is 0 Å². The van der Waals surface area contributed by atoms with Crippen molar-refractivity contribution in [2.75, 3.05) is 0 Å². The van der Waals surface area contributed by atoms with Crippen LogP contribution in [0.5, 0.6) is 0 Å². The van der Waals surface area contributed by atoms with E-state index < -0.39 is 5.54 Å². The molecule has 1 aliphatic carbocycles. The van der Waals surface area contributed by atoms with Crippen LogP contribution in [0.2, 0.25) is 0 Å². The van der Waals surface area contributed by atoms with Crippen molar-refractivity contribution in [3.8, 4) is 0 Å². The predicted octanol–water partition coefficient (Wildman–Crippen LogP) is 0.962. The summed E-state index contributed by atoms with van der Waals surface area (Å²) in [5.74, 6) is 0.869. The molecule has 2 heterocycles. The molecule has 106 valence electrons. The SMILES string of the molecule is CC(C)(N)c1noc(Cn2c3c(ccc2=O)CCC3)n1. The van der Waals surface area contributed by atoms with Gasteiger partial charge in [0.1, 0.15) is 6.54 Å². The number of pyridine rings is 1. The molecule has 20 heavy (non-hydrogen) atoms. The van der Waals surface area contributed by atoms with Crippen LogP contribution >= 0.6 is 0 Å². The summed E-state index contributed by atoms with van der Waals surface area (Å²) in [5, 5.41) is 3.88. The Hall–Kier alpha value is -1.95. The minimum atomic E-state index is -0.647. The highest BCUT2D eigenvalue weighted by molar-refractivity contribution is 5.26. The molecule has 0 bridgehead atoms. The molecule has 3 rings (SSSR count). The number of aromatic nitrogens is 3. The summed E-state index contributed by atoms with van der Waals surface area (Å²) < 4.78 is 6.93. The lowest BCUT2D eigenvalue weighted by Crippen LogP contribution is -2.30. The Morgan fingerprint density at radius 1 is 1.40 bits per heavy atom. The van der Waals surface area contributed by atoms with Crippen LogP contribution in [-0.4, -0.2) is 14.7 Å². The first kappa shape index (κ1) is 13.1. The van der Waals surface area contributed by atoms with Gasteiger partial charge in [0.15, 0.2) is 5.82 Å². The van der Waals surface area contributed by atoms with Crippen LogP contribution in [0.3, 0.4) is 0 Å². The minimum absolute atomic E-state index is 0.0302. The maximum absolute atomic E-state index is 12.0. The van der Waals surface area contributed by atoms with E-state index in [2.05, 4.69) is 10.1 Å². The van der Waals surface area contributed by atoms with Gasteiger partial charge in [0.2, 0.25) is 5.89 Å². The highest BCUT2D eigenvalue weighted by Crippen LogP contribution is 2.20. The average molecular weight is 274 g/mol. The van der Waals surface area contributed by atoms with Crippen LogP contribution < -0.4 is 11.3 Å². The average Bonchev–Trinajstić information content (AvgIpc) is 3.00. The topological polar surface area (TPSA) is 86.9 Å². The molecule has 0 saturated carbocycles. The quantitative estimate of drug-likeness (QED) is 0.900. The Morgan fingerprint density at radius 2 is 2.20 bits per heavy atom. The first-order valence-electron chi connectivity index (χ1n) is 6.79. The molecule has 0 saturated heterocycles. The number of hydrogen-bond acceptors (Lipinski definition) is 5. The van der Waals surface area contributed by atoms with Gasteiger partial charge in [-0.1, -0.05) is 11.2 Å². The Labute approximate surface area is 116 Å². The zero-order chi connectivity index (χ0) is 14.3. The van der Waals surface area contributed by atoms with Gasteiger partial charge in [-0.3, -0.25) is 4.79 Å². The maximum atomic E-state index is 12.0. The fourth-order valence-corrected chi connectivity index (χ4v) is 2.52. The van der Waals surface area contributed by atoms with Crippen LogP contribution in [0.25, 0.3) is 0 Å². The summed E-state index contributed by atoms with van der Waals surface area (Å²) in [4.78, 5) is 16.3. The first-order chi connectivity index (χ1) is 9.45. The van der Waals surface area contributed by atoms with Crippen molar-refractivity contribution in [1.29, 1.82) is 0 Å². The second kappa shape index (κ2) is 4.56. The Bertz CT molecular complexity index is 694. The van der Waals surface area contributed by atoms with Crippen molar-refractivity contribution >= 4 is 0 Å². The molecular weight excluding hydrogens is 256 g/mol. The third kappa shape index (κ3) is 2.27. The zero-order valence-electron chi connectivity index (χ0n) is 11.7. The fraction of sp³-hybridized carbons (Fsp3) is 0.500. The van der Waals surface area contributed by atoms with Crippen molar-refractivity contribution in [2.45, 2.75) is 45.2 Å². The molecular formula is C14H18N4O2. The van der Waals surface area contributed by atoms with Crippen LogP contribution in [0.1, 0.15) is 43.2 Å². The minimum Gasteiger partial charge on any atom is -0.337 e. The normalized spacial score (nSPS) is 14.6. The van der Waals surface area contributed by atoms with Crippen molar-refractivity contribution in [2.24, 2.45) is 5.73 Å². The van der Waals surface area contributed by atoms with E-state index in [-0.39, 0.29) is 5.56 Å². The molecule has 2 aromatic rings. The van der Waals surface area contributed by atoms with E-state index in [1.807, 2.05) is 19.9 Å². The van der Waals surface area contributed by atoms with Gasteiger partial charge in [-0.05, 0) is 38.7 Å². The molecule has 0 atom stereocenters. The lowest BCUT2D eigenvalue weighted by molar-refractivity contribution is 0.353. The monoisotopic (exact) mass is 274 g/mol. The van der Waals surface area contributed by atoms with Gasteiger partial charge in [0.25, 0.3) is 5.56 Å². The van der Waals surface area contributed by atoms with Gasteiger partial charge in [-0.2, -0.15) is 4.98 Å². The van der Waals surface area contributed by atoms with Crippen LogP contribution in [0, 0.1) is 0 Å².